The number of fused-ring (bicyclic) bond motifs is 1. The minimum absolute atomic E-state index is 0.0457. The van der Waals surface area contributed by atoms with Crippen LogP contribution in [0.3, 0.4) is 0 Å². The molecule has 2 saturated heterocycles. The Morgan fingerprint density at radius 2 is 1.79 bits per heavy atom. The van der Waals surface area contributed by atoms with Gasteiger partial charge in [-0.05, 0) is 48.2 Å². The molecule has 214 valence electrons. The number of carbonyl (C=O) groups excluding carboxylic acids is 1. The number of rotatable bonds is 11. The molecule has 0 aliphatic carbocycles. The van der Waals surface area contributed by atoms with Crippen molar-refractivity contribution in [3.63, 3.8) is 0 Å². The van der Waals surface area contributed by atoms with Gasteiger partial charge >= 0.3 is 12.5 Å². The average molecular weight is 556 g/mol. The van der Waals surface area contributed by atoms with E-state index in [2.05, 4.69) is 10.2 Å². The molecule has 1 amide bonds. The van der Waals surface area contributed by atoms with Crippen LogP contribution >= 0.6 is 0 Å². The number of nitrogens with one attached hydrogen (secondary N) is 1. The molecule has 5 atom stereocenters. The van der Waals surface area contributed by atoms with E-state index < -0.39 is 37.0 Å². The van der Waals surface area contributed by atoms with Crippen LogP contribution in [-0.4, -0.2) is 74.0 Å². The second kappa shape index (κ2) is 12.8. The molecule has 2 aliphatic heterocycles. The van der Waals surface area contributed by atoms with Crippen LogP contribution in [0.1, 0.15) is 17.5 Å². The fourth-order valence-electron chi connectivity index (χ4n) is 4.54. The maximum absolute atomic E-state index is 12.8. The Kier molecular flexibility index (Phi) is 9.51. The quantitative estimate of drug-likeness (QED) is 0.359. The monoisotopic (exact) mass is 555 g/mol. The van der Waals surface area contributed by atoms with Gasteiger partial charge in [-0.3, -0.25) is 5.43 Å². The summed E-state index contributed by atoms with van der Waals surface area (Å²) in [5, 5.41) is 12.3. The van der Waals surface area contributed by atoms with E-state index in [0.717, 1.165) is 5.56 Å². The van der Waals surface area contributed by atoms with Crippen molar-refractivity contribution in [3.8, 4) is 11.5 Å². The number of nitrogens with zero attached hydrogens (tertiary/aromatic N) is 1. The predicted octanol–water partition coefficient (Wildman–Crippen LogP) is 2.73. The van der Waals surface area contributed by atoms with Crippen LogP contribution in [0.25, 0.3) is 0 Å². The number of hydrogen-bond donors (Lipinski definition) is 3. The molecule has 0 bridgehead atoms. The third kappa shape index (κ3) is 8.44. The lowest BCUT2D eigenvalue weighted by molar-refractivity contribution is -0.274. The summed E-state index contributed by atoms with van der Waals surface area (Å²) in [5.74, 6) is 0.256. The molecule has 10 nitrogen and oxygen atoms in total. The van der Waals surface area contributed by atoms with E-state index in [-0.39, 0.29) is 31.4 Å². The van der Waals surface area contributed by atoms with Gasteiger partial charge in [0.15, 0.2) is 6.29 Å². The van der Waals surface area contributed by atoms with E-state index in [1.807, 2.05) is 12.1 Å². The Balaban J connectivity index is 1.39. The van der Waals surface area contributed by atoms with Crippen molar-refractivity contribution in [1.82, 2.24) is 10.4 Å². The summed E-state index contributed by atoms with van der Waals surface area (Å²) in [4.78, 5) is 12.8. The molecule has 4 N–H and O–H groups in total. The number of carbonyl (C=O) groups is 1. The fraction of sp³-hybridized carbons (Fsp3) is 0.500. The van der Waals surface area contributed by atoms with E-state index in [4.69, 9.17) is 24.7 Å². The van der Waals surface area contributed by atoms with Crippen molar-refractivity contribution in [3.05, 3.63) is 59.7 Å². The Morgan fingerprint density at radius 1 is 1.13 bits per heavy atom. The average Bonchev–Trinajstić information content (AvgIpc) is 3.50. The number of aliphatic hydroxyl groups is 1. The van der Waals surface area contributed by atoms with E-state index in [1.54, 1.807) is 19.2 Å². The number of ether oxygens (including phenoxy) is 5. The highest BCUT2D eigenvalue weighted by Gasteiger charge is 2.44. The predicted molar refractivity (Wildman–Crippen MR) is 131 cm³/mol. The lowest BCUT2D eigenvalue weighted by Gasteiger charge is -2.29. The number of aliphatic hydroxyl groups excluding tert-OH is 1. The molecular formula is C26H32F3N3O7. The molecule has 2 aliphatic rings. The van der Waals surface area contributed by atoms with E-state index in [1.165, 1.54) is 29.3 Å². The second-order valence-electron chi connectivity index (χ2n) is 9.44. The molecule has 2 aromatic carbocycles. The van der Waals surface area contributed by atoms with Crippen LogP contribution in [0.2, 0.25) is 0 Å². The fourth-order valence-corrected chi connectivity index (χ4v) is 4.54. The molecule has 39 heavy (non-hydrogen) atoms. The molecule has 0 aromatic heterocycles. The number of amides is 1. The summed E-state index contributed by atoms with van der Waals surface area (Å²) in [7, 11) is 1.56. The minimum Gasteiger partial charge on any atom is -0.497 e. The maximum Gasteiger partial charge on any atom is 0.573 e. The van der Waals surface area contributed by atoms with E-state index in [9.17, 15) is 23.1 Å². The second-order valence-corrected chi connectivity index (χ2v) is 9.44. The van der Waals surface area contributed by atoms with Crippen LogP contribution in [0, 0.1) is 5.92 Å². The van der Waals surface area contributed by atoms with Crippen LogP contribution in [0.5, 0.6) is 11.5 Å². The SMILES string of the molecule is COc1ccc(C[C@H](N)[C@@H](O)CN(Cc2ccc(OC(F)(F)F)cc2)NC(=O)O[C@H]2CO[C@H]3OCC[C@H]32)cc1. The Labute approximate surface area is 223 Å². The van der Waals surface area contributed by atoms with Crippen LogP contribution < -0.4 is 20.6 Å². The van der Waals surface area contributed by atoms with Gasteiger partial charge in [-0.15, -0.1) is 13.2 Å². The van der Waals surface area contributed by atoms with Crippen molar-refractivity contribution in [1.29, 1.82) is 0 Å². The van der Waals surface area contributed by atoms with Crippen LogP contribution in [0.15, 0.2) is 48.5 Å². The largest absolute Gasteiger partial charge is 0.573 e. The molecule has 2 aromatic rings. The highest BCUT2D eigenvalue weighted by molar-refractivity contribution is 5.66. The normalized spacial score (nSPS) is 22.3. The van der Waals surface area contributed by atoms with Gasteiger partial charge in [0.1, 0.15) is 17.6 Å². The van der Waals surface area contributed by atoms with Gasteiger partial charge in [-0.1, -0.05) is 24.3 Å². The van der Waals surface area contributed by atoms with Crippen LogP contribution in [0.4, 0.5) is 18.0 Å². The van der Waals surface area contributed by atoms with Gasteiger partial charge in [0.2, 0.25) is 0 Å². The van der Waals surface area contributed by atoms with Crippen molar-refractivity contribution in [2.24, 2.45) is 11.7 Å². The van der Waals surface area contributed by atoms with Gasteiger partial charge in [0, 0.05) is 19.1 Å². The lowest BCUT2D eigenvalue weighted by Crippen LogP contribution is -2.51. The molecule has 0 radical (unpaired) electrons. The zero-order valence-corrected chi connectivity index (χ0v) is 21.3. The molecular weight excluding hydrogens is 523 g/mol. The number of nitrogens with two attached hydrogens (primary N) is 1. The van der Waals surface area contributed by atoms with Gasteiger partial charge in [0.25, 0.3) is 0 Å². The Bertz CT molecular complexity index is 1070. The van der Waals surface area contributed by atoms with Gasteiger partial charge in [-0.2, -0.15) is 0 Å². The molecule has 13 heteroatoms. The van der Waals surface area contributed by atoms with Crippen molar-refractivity contribution in [2.75, 3.05) is 26.9 Å². The smallest absolute Gasteiger partial charge is 0.497 e. The molecule has 0 spiro atoms. The number of halogens is 3. The summed E-state index contributed by atoms with van der Waals surface area (Å²) in [6.45, 7) is 0.696. The van der Waals surface area contributed by atoms with Crippen LogP contribution in [-0.2, 0) is 27.2 Å². The summed E-state index contributed by atoms with van der Waals surface area (Å²) in [6, 6.07) is 11.8. The number of benzene rings is 2. The van der Waals surface area contributed by atoms with Gasteiger partial charge in [-0.25, -0.2) is 9.80 Å². The summed E-state index contributed by atoms with van der Waals surface area (Å²) in [5.41, 5.74) is 10.3. The number of hydrogen-bond acceptors (Lipinski definition) is 9. The number of hydrazine groups is 1. The molecule has 4 rings (SSSR count). The first-order valence-electron chi connectivity index (χ1n) is 12.5. The standard InChI is InChI=1S/C26H32F3N3O7/c1-35-18-6-2-16(3-7-18)12-21(30)22(33)14-32(13-17-4-8-19(9-5-17)39-26(27,28)29)31-25(34)38-23-15-37-24-20(23)10-11-36-24/h2-9,20-24,33H,10-15,30H2,1H3,(H,31,34)/t20-,21-,22-,23-,24+/m0/s1. The molecule has 2 heterocycles. The zero-order valence-electron chi connectivity index (χ0n) is 21.3. The first-order valence-corrected chi connectivity index (χ1v) is 12.5. The highest BCUT2D eigenvalue weighted by Crippen LogP contribution is 2.33. The van der Waals surface area contributed by atoms with Gasteiger partial charge < -0.3 is 34.5 Å². The number of methoxy groups -OCH3 is 1. The summed E-state index contributed by atoms with van der Waals surface area (Å²) in [6.07, 6.45) is -6.45. The van der Waals surface area contributed by atoms with Gasteiger partial charge in [0.05, 0.1) is 32.3 Å². The third-order valence-corrected chi connectivity index (χ3v) is 6.56. The molecule has 0 saturated carbocycles. The first-order chi connectivity index (χ1) is 18.6. The van der Waals surface area contributed by atoms with Crippen molar-refractivity contribution in [2.45, 2.75) is 50.3 Å². The highest BCUT2D eigenvalue weighted by atomic mass is 19.4. The first kappa shape index (κ1) is 28.9. The number of alkyl halides is 3. The van der Waals surface area contributed by atoms with E-state index in [0.29, 0.717) is 30.8 Å². The Hall–Kier alpha value is -3.10. The van der Waals surface area contributed by atoms with Crippen molar-refractivity contribution >= 4 is 6.09 Å². The summed E-state index contributed by atoms with van der Waals surface area (Å²) < 4.78 is 63.1. The zero-order chi connectivity index (χ0) is 28.0. The van der Waals surface area contributed by atoms with Crippen molar-refractivity contribution < 1.29 is 46.8 Å². The third-order valence-electron chi connectivity index (χ3n) is 6.56. The molecule has 0 unspecified atom stereocenters. The maximum atomic E-state index is 12.8. The topological polar surface area (TPSA) is 125 Å². The summed E-state index contributed by atoms with van der Waals surface area (Å²) >= 11 is 0. The lowest BCUT2D eigenvalue weighted by atomic mass is 10.0. The van der Waals surface area contributed by atoms with E-state index >= 15 is 0 Å². The Morgan fingerprint density at radius 3 is 2.46 bits per heavy atom. The minimum atomic E-state index is -4.81. The molecule has 2 fully saturated rings.